The van der Waals surface area contributed by atoms with Crippen LogP contribution in [0.2, 0.25) is 0 Å². The summed E-state index contributed by atoms with van der Waals surface area (Å²) in [5.41, 5.74) is 12.1. The molecule has 1 aliphatic rings. The summed E-state index contributed by atoms with van der Waals surface area (Å²) in [7, 11) is 0. The first-order chi connectivity index (χ1) is 16.8. The van der Waals surface area contributed by atoms with Gasteiger partial charge in [0.1, 0.15) is 0 Å². The molecule has 2 aromatic carbocycles. The van der Waals surface area contributed by atoms with Gasteiger partial charge >= 0.3 is 0 Å². The van der Waals surface area contributed by atoms with Crippen molar-refractivity contribution in [2.45, 2.75) is 53.6 Å². The minimum Gasteiger partial charge on any atom is -0.351 e. The Labute approximate surface area is 213 Å². The first kappa shape index (κ1) is 23.3. The van der Waals surface area contributed by atoms with Gasteiger partial charge < -0.3 is 14.8 Å². The number of hydrogen-bond donors (Lipinski definition) is 1. The van der Waals surface area contributed by atoms with Crippen LogP contribution in [-0.2, 0) is 0 Å². The second kappa shape index (κ2) is 8.97. The standard InChI is InChI=1S/C30H32N4S/c1-18-13-14-24(16-20(18)3)34-29(28(32-30(34)35)26-11-7-8-15-31-26)25-17-21(4)33(23(25)6)27-12-9-10-19(2)22(27)5/h7-17,28-29H,1-6H3,(H,32,35)/t28-,29-/m0/s1. The van der Waals surface area contributed by atoms with Gasteiger partial charge in [0, 0.05) is 29.0 Å². The van der Waals surface area contributed by atoms with Crippen LogP contribution < -0.4 is 10.2 Å². The second-order valence-corrected chi connectivity index (χ2v) is 10.0. The molecule has 5 heteroatoms. The lowest BCUT2D eigenvalue weighted by Crippen LogP contribution is -2.29. The van der Waals surface area contributed by atoms with E-state index in [2.05, 4.69) is 105 Å². The van der Waals surface area contributed by atoms with Crippen LogP contribution in [0.5, 0.6) is 0 Å². The monoisotopic (exact) mass is 480 g/mol. The number of rotatable bonds is 4. The van der Waals surface area contributed by atoms with Gasteiger partial charge in [0.25, 0.3) is 0 Å². The van der Waals surface area contributed by atoms with Crippen LogP contribution in [-0.4, -0.2) is 14.7 Å². The van der Waals surface area contributed by atoms with E-state index >= 15 is 0 Å². The number of aromatic nitrogens is 2. The summed E-state index contributed by atoms with van der Waals surface area (Å²) in [5.74, 6) is 0. The smallest absolute Gasteiger partial charge is 0.174 e. The number of pyridine rings is 1. The molecule has 35 heavy (non-hydrogen) atoms. The maximum atomic E-state index is 5.95. The fourth-order valence-corrected chi connectivity index (χ4v) is 5.61. The summed E-state index contributed by atoms with van der Waals surface area (Å²) in [6.45, 7) is 13.1. The van der Waals surface area contributed by atoms with Crippen molar-refractivity contribution in [1.82, 2.24) is 14.9 Å². The van der Waals surface area contributed by atoms with Crippen LogP contribution in [0.3, 0.4) is 0 Å². The quantitative estimate of drug-likeness (QED) is 0.322. The zero-order valence-electron chi connectivity index (χ0n) is 21.3. The van der Waals surface area contributed by atoms with Crippen LogP contribution in [0.15, 0.2) is 66.9 Å². The molecule has 1 N–H and O–H groups in total. The van der Waals surface area contributed by atoms with E-state index in [4.69, 9.17) is 17.2 Å². The SMILES string of the molecule is Cc1ccc(N2C(=S)N[C@@H](c3ccccn3)[C@@H]2c2cc(C)n(-c3cccc(C)c3C)c2C)cc1C. The van der Waals surface area contributed by atoms with Crippen molar-refractivity contribution >= 4 is 23.0 Å². The summed E-state index contributed by atoms with van der Waals surface area (Å²) in [4.78, 5) is 6.99. The first-order valence-corrected chi connectivity index (χ1v) is 12.5. The number of benzene rings is 2. The van der Waals surface area contributed by atoms with Crippen molar-refractivity contribution in [3.05, 3.63) is 112 Å². The maximum absolute atomic E-state index is 5.95. The minimum atomic E-state index is -0.0575. The third-order valence-corrected chi connectivity index (χ3v) is 7.79. The third kappa shape index (κ3) is 3.94. The van der Waals surface area contributed by atoms with Gasteiger partial charge in [-0.2, -0.15) is 0 Å². The number of nitrogens with one attached hydrogen (secondary N) is 1. The highest BCUT2D eigenvalue weighted by Gasteiger charge is 2.42. The molecule has 1 fully saturated rings. The molecule has 5 rings (SSSR count). The van der Waals surface area contributed by atoms with E-state index in [1.807, 2.05) is 18.3 Å². The molecule has 0 radical (unpaired) electrons. The Morgan fingerprint density at radius 1 is 0.829 bits per heavy atom. The fraction of sp³-hybridized carbons (Fsp3) is 0.267. The molecular formula is C30H32N4S. The number of aryl methyl sites for hydroxylation is 4. The second-order valence-electron chi connectivity index (χ2n) is 9.65. The molecule has 0 unspecified atom stereocenters. The Balaban J connectivity index is 1.71. The molecule has 0 amide bonds. The van der Waals surface area contributed by atoms with E-state index in [1.54, 1.807) is 0 Å². The van der Waals surface area contributed by atoms with E-state index in [9.17, 15) is 0 Å². The average Bonchev–Trinajstić information content (AvgIpc) is 3.33. The van der Waals surface area contributed by atoms with Crippen LogP contribution in [0, 0.1) is 41.5 Å². The largest absolute Gasteiger partial charge is 0.351 e. The normalized spacial score (nSPS) is 17.7. The number of nitrogens with zero attached hydrogens (tertiary/aromatic N) is 3. The lowest BCUT2D eigenvalue weighted by atomic mass is 9.96. The van der Waals surface area contributed by atoms with Crippen molar-refractivity contribution in [1.29, 1.82) is 0 Å². The van der Waals surface area contributed by atoms with Gasteiger partial charge in [0.2, 0.25) is 0 Å². The molecule has 0 spiro atoms. The lowest BCUT2D eigenvalue weighted by Gasteiger charge is -2.29. The van der Waals surface area contributed by atoms with Gasteiger partial charge in [0.05, 0.1) is 17.8 Å². The van der Waals surface area contributed by atoms with E-state index in [-0.39, 0.29) is 12.1 Å². The van der Waals surface area contributed by atoms with Crippen LogP contribution in [0.4, 0.5) is 5.69 Å². The molecule has 0 aliphatic carbocycles. The Bertz CT molecular complexity index is 1420. The molecule has 0 saturated carbocycles. The van der Waals surface area contributed by atoms with E-state index < -0.39 is 0 Å². The molecule has 178 valence electrons. The molecular weight excluding hydrogens is 448 g/mol. The molecule has 1 aliphatic heterocycles. The molecule has 1 saturated heterocycles. The molecule has 3 heterocycles. The van der Waals surface area contributed by atoms with Gasteiger partial charge in [-0.15, -0.1) is 0 Å². The topological polar surface area (TPSA) is 33.1 Å². The Morgan fingerprint density at radius 3 is 2.34 bits per heavy atom. The highest BCUT2D eigenvalue weighted by atomic mass is 32.1. The Morgan fingerprint density at radius 2 is 1.63 bits per heavy atom. The van der Waals surface area contributed by atoms with Crippen LogP contribution >= 0.6 is 12.2 Å². The van der Waals surface area contributed by atoms with E-state index in [0.29, 0.717) is 0 Å². The molecule has 2 aromatic heterocycles. The number of hydrogen-bond acceptors (Lipinski definition) is 2. The van der Waals surface area contributed by atoms with E-state index in [0.717, 1.165) is 16.5 Å². The fourth-order valence-electron chi connectivity index (χ4n) is 5.26. The maximum Gasteiger partial charge on any atom is 0.174 e. The zero-order valence-corrected chi connectivity index (χ0v) is 22.1. The lowest BCUT2D eigenvalue weighted by molar-refractivity contribution is 0.565. The first-order valence-electron chi connectivity index (χ1n) is 12.1. The Kier molecular flexibility index (Phi) is 5.97. The number of anilines is 1. The predicted octanol–water partition coefficient (Wildman–Crippen LogP) is 6.90. The highest BCUT2D eigenvalue weighted by Crippen LogP contribution is 2.44. The predicted molar refractivity (Wildman–Crippen MR) is 149 cm³/mol. The van der Waals surface area contributed by atoms with Crippen molar-refractivity contribution in [2.75, 3.05) is 4.90 Å². The third-order valence-electron chi connectivity index (χ3n) is 7.47. The van der Waals surface area contributed by atoms with Gasteiger partial charge in [-0.05, 0) is 118 Å². The molecule has 0 bridgehead atoms. The zero-order chi connectivity index (χ0) is 24.9. The van der Waals surface area contributed by atoms with Crippen molar-refractivity contribution in [2.24, 2.45) is 0 Å². The van der Waals surface area contributed by atoms with Crippen molar-refractivity contribution in [3.63, 3.8) is 0 Å². The summed E-state index contributed by atoms with van der Waals surface area (Å²) in [6, 6.07) is 21.4. The van der Waals surface area contributed by atoms with E-state index in [1.165, 1.54) is 44.9 Å². The summed E-state index contributed by atoms with van der Waals surface area (Å²) < 4.78 is 2.38. The highest BCUT2D eigenvalue weighted by molar-refractivity contribution is 7.80. The molecule has 2 atom stereocenters. The summed E-state index contributed by atoms with van der Waals surface area (Å²) in [6.07, 6.45) is 1.86. The number of thiocarbonyl (C=S) groups is 1. The Hall–Kier alpha value is -3.44. The summed E-state index contributed by atoms with van der Waals surface area (Å²) in [5, 5.41) is 4.33. The van der Waals surface area contributed by atoms with Crippen LogP contribution in [0.1, 0.15) is 57.0 Å². The minimum absolute atomic E-state index is 0.0235. The van der Waals surface area contributed by atoms with Gasteiger partial charge in [-0.1, -0.05) is 24.3 Å². The molecule has 4 nitrogen and oxygen atoms in total. The summed E-state index contributed by atoms with van der Waals surface area (Å²) >= 11 is 5.95. The van der Waals surface area contributed by atoms with Crippen molar-refractivity contribution < 1.29 is 0 Å². The molecule has 4 aromatic rings. The average molecular weight is 481 g/mol. The van der Waals surface area contributed by atoms with Crippen LogP contribution in [0.25, 0.3) is 5.69 Å². The van der Waals surface area contributed by atoms with Crippen molar-refractivity contribution in [3.8, 4) is 5.69 Å². The van der Waals surface area contributed by atoms with Gasteiger partial charge in [-0.25, -0.2) is 0 Å². The van der Waals surface area contributed by atoms with Gasteiger partial charge in [-0.3, -0.25) is 4.98 Å². The van der Waals surface area contributed by atoms with Gasteiger partial charge in [0.15, 0.2) is 5.11 Å².